The summed E-state index contributed by atoms with van der Waals surface area (Å²) >= 11 is 0. The number of nitrogens with zero attached hydrogens (tertiary/aromatic N) is 2. The van der Waals surface area contributed by atoms with Gasteiger partial charge in [-0.1, -0.05) is 26.0 Å². The summed E-state index contributed by atoms with van der Waals surface area (Å²) in [7, 11) is 1.96. The molecule has 0 unspecified atom stereocenters. The van der Waals surface area contributed by atoms with Crippen LogP contribution in [0.3, 0.4) is 0 Å². The normalized spacial score (nSPS) is 12.3. The maximum absolute atomic E-state index is 5.81. The van der Waals surface area contributed by atoms with Gasteiger partial charge in [-0.05, 0) is 11.6 Å². The predicted molar refractivity (Wildman–Crippen MR) is 62.8 cm³/mol. The number of aromatic nitrogens is 2. The summed E-state index contributed by atoms with van der Waals surface area (Å²) in [6.07, 6.45) is 1.92. The van der Waals surface area contributed by atoms with E-state index in [1.807, 2.05) is 17.9 Å². The average Bonchev–Trinajstić information content (AvgIpc) is 2.60. The van der Waals surface area contributed by atoms with Crippen molar-refractivity contribution in [3.8, 4) is 0 Å². The van der Waals surface area contributed by atoms with Crippen molar-refractivity contribution in [2.75, 3.05) is 6.54 Å². The fraction of sp³-hybridized carbons (Fsp3) is 0.417. The van der Waals surface area contributed by atoms with Gasteiger partial charge in [0, 0.05) is 24.4 Å². The molecule has 0 fully saturated rings. The van der Waals surface area contributed by atoms with Crippen LogP contribution in [-0.2, 0) is 12.5 Å². The first kappa shape index (κ1) is 10.2. The van der Waals surface area contributed by atoms with Gasteiger partial charge in [0.15, 0.2) is 0 Å². The van der Waals surface area contributed by atoms with Gasteiger partial charge in [0.2, 0.25) is 0 Å². The fourth-order valence-electron chi connectivity index (χ4n) is 1.88. The second kappa shape index (κ2) is 3.35. The highest BCUT2D eigenvalue weighted by Gasteiger charge is 2.21. The van der Waals surface area contributed by atoms with Crippen LogP contribution in [0.5, 0.6) is 0 Å². The van der Waals surface area contributed by atoms with Crippen molar-refractivity contribution >= 4 is 10.9 Å². The highest BCUT2D eigenvalue weighted by atomic mass is 15.2. The molecule has 0 aliphatic rings. The lowest BCUT2D eigenvalue weighted by Gasteiger charge is -2.23. The standard InChI is InChI=1S/C12H17N3/c1-12(2,8-13)10-5-4-6-11-9(10)7-14-15(11)3/h4-7H,8,13H2,1-3H3. The Morgan fingerprint density at radius 3 is 2.80 bits per heavy atom. The van der Waals surface area contributed by atoms with Crippen LogP contribution in [-0.4, -0.2) is 16.3 Å². The number of hydrogen-bond acceptors (Lipinski definition) is 2. The van der Waals surface area contributed by atoms with Crippen LogP contribution in [0, 0.1) is 0 Å². The third-order valence-corrected chi connectivity index (χ3v) is 3.03. The van der Waals surface area contributed by atoms with E-state index in [2.05, 4.69) is 37.1 Å². The van der Waals surface area contributed by atoms with E-state index >= 15 is 0 Å². The van der Waals surface area contributed by atoms with E-state index in [0.717, 1.165) is 5.52 Å². The topological polar surface area (TPSA) is 43.8 Å². The quantitative estimate of drug-likeness (QED) is 0.809. The van der Waals surface area contributed by atoms with Gasteiger partial charge < -0.3 is 5.73 Å². The van der Waals surface area contributed by atoms with Gasteiger partial charge in [0.25, 0.3) is 0 Å². The van der Waals surface area contributed by atoms with E-state index in [1.165, 1.54) is 10.9 Å². The zero-order valence-electron chi connectivity index (χ0n) is 9.49. The molecule has 0 saturated carbocycles. The van der Waals surface area contributed by atoms with Gasteiger partial charge in [-0.3, -0.25) is 4.68 Å². The highest BCUT2D eigenvalue weighted by molar-refractivity contribution is 5.83. The summed E-state index contributed by atoms with van der Waals surface area (Å²) in [5, 5.41) is 5.48. The molecule has 0 saturated heterocycles. The van der Waals surface area contributed by atoms with E-state index in [1.54, 1.807) is 0 Å². The van der Waals surface area contributed by atoms with Crippen LogP contribution in [0.25, 0.3) is 10.9 Å². The lowest BCUT2D eigenvalue weighted by atomic mass is 9.83. The first-order valence-electron chi connectivity index (χ1n) is 5.17. The van der Waals surface area contributed by atoms with Crippen molar-refractivity contribution < 1.29 is 0 Å². The Morgan fingerprint density at radius 1 is 1.40 bits per heavy atom. The molecule has 2 N–H and O–H groups in total. The summed E-state index contributed by atoms with van der Waals surface area (Å²) in [5.41, 5.74) is 8.25. The van der Waals surface area contributed by atoms with E-state index in [4.69, 9.17) is 5.73 Å². The molecule has 0 aliphatic carbocycles. The van der Waals surface area contributed by atoms with Crippen molar-refractivity contribution in [2.24, 2.45) is 12.8 Å². The lowest BCUT2D eigenvalue weighted by molar-refractivity contribution is 0.544. The highest BCUT2D eigenvalue weighted by Crippen LogP contribution is 2.28. The lowest BCUT2D eigenvalue weighted by Crippen LogP contribution is -2.28. The largest absolute Gasteiger partial charge is 0.330 e. The van der Waals surface area contributed by atoms with E-state index < -0.39 is 0 Å². The Bertz CT molecular complexity index is 483. The van der Waals surface area contributed by atoms with Crippen molar-refractivity contribution in [1.82, 2.24) is 9.78 Å². The van der Waals surface area contributed by atoms with E-state index in [0.29, 0.717) is 6.54 Å². The third-order valence-electron chi connectivity index (χ3n) is 3.03. The Labute approximate surface area is 89.9 Å². The summed E-state index contributed by atoms with van der Waals surface area (Å²) in [5.74, 6) is 0. The Morgan fingerprint density at radius 2 is 2.13 bits per heavy atom. The number of benzene rings is 1. The molecule has 3 heteroatoms. The number of hydrogen-bond donors (Lipinski definition) is 1. The molecule has 0 radical (unpaired) electrons. The van der Waals surface area contributed by atoms with E-state index in [9.17, 15) is 0 Å². The predicted octanol–water partition coefficient (Wildman–Crippen LogP) is 1.81. The van der Waals surface area contributed by atoms with Crippen LogP contribution >= 0.6 is 0 Å². The van der Waals surface area contributed by atoms with Crippen molar-refractivity contribution in [3.63, 3.8) is 0 Å². The first-order valence-corrected chi connectivity index (χ1v) is 5.17. The number of aryl methyl sites for hydroxylation is 1. The average molecular weight is 203 g/mol. The van der Waals surface area contributed by atoms with Crippen molar-refractivity contribution in [1.29, 1.82) is 0 Å². The van der Waals surface area contributed by atoms with Gasteiger partial charge in [0.1, 0.15) is 0 Å². The molecule has 1 aromatic carbocycles. The minimum absolute atomic E-state index is 0.00252. The molecule has 0 bridgehead atoms. The van der Waals surface area contributed by atoms with Gasteiger partial charge in [-0.25, -0.2) is 0 Å². The smallest absolute Gasteiger partial charge is 0.0682 e. The van der Waals surface area contributed by atoms with Crippen molar-refractivity contribution in [3.05, 3.63) is 30.0 Å². The second-order valence-corrected chi connectivity index (χ2v) is 4.59. The molecule has 0 atom stereocenters. The monoisotopic (exact) mass is 203 g/mol. The first-order chi connectivity index (χ1) is 7.06. The van der Waals surface area contributed by atoms with Gasteiger partial charge in [-0.2, -0.15) is 5.10 Å². The molecular formula is C12H17N3. The summed E-state index contributed by atoms with van der Waals surface area (Å²) in [4.78, 5) is 0. The fourth-order valence-corrected chi connectivity index (χ4v) is 1.88. The maximum atomic E-state index is 5.81. The van der Waals surface area contributed by atoms with Crippen LogP contribution in [0.4, 0.5) is 0 Å². The Balaban J connectivity index is 2.71. The number of nitrogens with two attached hydrogens (primary N) is 1. The zero-order chi connectivity index (χ0) is 11.1. The number of rotatable bonds is 2. The summed E-state index contributed by atoms with van der Waals surface area (Å²) in [6, 6.07) is 6.28. The molecule has 2 aromatic rings. The van der Waals surface area contributed by atoms with Gasteiger partial charge in [-0.15, -0.1) is 0 Å². The summed E-state index contributed by atoms with van der Waals surface area (Å²) < 4.78 is 1.89. The van der Waals surface area contributed by atoms with Gasteiger partial charge in [0.05, 0.1) is 11.7 Å². The molecule has 0 amide bonds. The molecule has 1 heterocycles. The molecule has 80 valence electrons. The van der Waals surface area contributed by atoms with Crippen molar-refractivity contribution in [2.45, 2.75) is 19.3 Å². The third kappa shape index (κ3) is 1.53. The zero-order valence-corrected chi connectivity index (χ0v) is 9.49. The molecule has 1 aromatic heterocycles. The molecular weight excluding hydrogens is 186 g/mol. The van der Waals surface area contributed by atoms with Crippen LogP contribution in [0.15, 0.2) is 24.4 Å². The minimum Gasteiger partial charge on any atom is -0.330 e. The van der Waals surface area contributed by atoms with Gasteiger partial charge >= 0.3 is 0 Å². The van der Waals surface area contributed by atoms with E-state index in [-0.39, 0.29) is 5.41 Å². The SMILES string of the molecule is Cn1ncc2c(C(C)(C)CN)cccc21. The molecule has 0 spiro atoms. The molecule has 15 heavy (non-hydrogen) atoms. The molecule has 0 aliphatic heterocycles. The summed E-state index contributed by atoms with van der Waals surface area (Å²) in [6.45, 7) is 4.96. The molecule has 2 rings (SSSR count). The maximum Gasteiger partial charge on any atom is 0.0682 e. The van der Waals surface area contributed by atoms with Crippen LogP contribution in [0.2, 0.25) is 0 Å². The Hall–Kier alpha value is -1.35. The Kier molecular flexibility index (Phi) is 2.27. The second-order valence-electron chi connectivity index (χ2n) is 4.59. The van der Waals surface area contributed by atoms with Crippen LogP contribution < -0.4 is 5.73 Å². The number of fused-ring (bicyclic) bond motifs is 1. The minimum atomic E-state index is 0.00252. The molecule has 3 nitrogen and oxygen atoms in total. The van der Waals surface area contributed by atoms with Crippen LogP contribution in [0.1, 0.15) is 19.4 Å².